The Morgan fingerprint density at radius 3 is 2.35 bits per heavy atom. The molecule has 2 heterocycles. The molecule has 0 saturated carbocycles. The van der Waals surface area contributed by atoms with Crippen LogP contribution in [0.25, 0.3) is 0 Å². The van der Waals surface area contributed by atoms with Crippen LogP contribution in [0.1, 0.15) is 16.7 Å². The maximum Gasteiger partial charge on any atom is 0.416 e. The van der Waals surface area contributed by atoms with Crippen LogP contribution in [0.5, 0.6) is 0 Å². The first-order chi connectivity index (χ1) is 12.2. The van der Waals surface area contributed by atoms with Crippen LogP contribution in [0.3, 0.4) is 0 Å². The zero-order valence-corrected chi connectivity index (χ0v) is 13.3. The molecule has 0 fully saturated rings. The van der Waals surface area contributed by atoms with Gasteiger partial charge < -0.3 is 10.2 Å². The number of anilines is 1. The highest BCUT2D eigenvalue weighted by Crippen LogP contribution is 2.31. The SMILES string of the molecule is O=C(O)C1CN(C(=O)O)c2c(Cc3ccc(C(F)(F)F)cc3)cnn2C1. The van der Waals surface area contributed by atoms with E-state index >= 15 is 0 Å². The largest absolute Gasteiger partial charge is 0.481 e. The second-order valence-corrected chi connectivity index (χ2v) is 5.98. The average molecular weight is 369 g/mol. The molecule has 1 atom stereocenters. The van der Waals surface area contributed by atoms with Crippen molar-refractivity contribution in [1.82, 2.24) is 9.78 Å². The molecule has 1 aliphatic heterocycles. The van der Waals surface area contributed by atoms with Crippen LogP contribution in [-0.4, -0.2) is 38.6 Å². The first-order valence-electron chi connectivity index (χ1n) is 7.61. The summed E-state index contributed by atoms with van der Waals surface area (Å²) >= 11 is 0. The van der Waals surface area contributed by atoms with Gasteiger partial charge in [0.15, 0.2) is 0 Å². The molecule has 0 radical (unpaired) electrons. The summed E-state index contributed by atoms with van der Waals surface area (Å²) in [4.78, 5) is 23.6. The van der Waals surface area contributed by atoms with E-state index in [4.69, 9.17) is 5.11 Å². The number of rotatable bonds is 3. The number of nitrogens with zero attached hydrogens (tertiary/aromatic N) is 3. The highest BCUT2D eigenvalue weighted by molar-refractivity contribution is 5.88. The molecule has 3 rings (SSSR count). The Labute approximate surface area is 145 Å². The number of aromatic nitrogens is 2. The Bertz CT molecular complexity index is 845. The van der Waals surface area contributed by atoms with Crippen molar-refractivity contribution in [2.45, 2.75) is 19.1 Å². The number of hydrogen-bond donors (Lipinski definition) is 2. The topological polar surface area (TPSA) is 95.7 Å². The van der Waals surface area contributed by atoms with E-state index in [2.05, 4.69) is 5.10 Å². The predicted octanol–water partition coefficient (Wildman–Crippen LogP) is 2.69. The number of halogens is 3. The number of carboxylic acid groups (broad SMARTS) is 2. The maximum atomic E-state index is 12.6. The Kier molecular flexibility index (Phi) is 4.34. The van der Waals surface area contributed by atoms with Crippen LogP contribution >= 0.6 is 0 Å². The number of hydrogen-bond acceptors (Lipinski definition) is 3. The molecule has 1 aromatic heterocycles. The molecule has 1 aromatic carbocycles. The summed E-state index contributed by atoms with van der Waals surface area (Å²) in [6.07, 6.45) is -4.16. The minimum Gasteiger partial charge on any atom is -0.481 e. The summed E-state index contributed by atoms with van der Waals surface area (Å²) in [5, 5.41) is 22.6. The molecule has 2 aromatic rings. The molecule has 1 amide bonds. The molecule has 1 aliphatic rings. The molecule has 26 heavy (non-hydrogen) atoms. The van der Waals surface area contributed by atoms with Gasteiger partial charge in [-0.25, -0.2) is 9.48 Å². The molecule has 0 aliphatic carbocycles. The number of alkyl halides is 3. The smallest absolute Gasteiger partial charge is 0.416 e. The summed E-state index contributed by atoms with van der Waals surface area (Å²) < 4.78 is 39.2. The lowest BCUT2D eigenvalue weighted by Crippen LogP contribution is -2.44. The fourth-order valence-electron chi connectivity index (χ4n) is 2.92. The molecule has 10 heteroatoms. The second kappa shape index (κ2) is 6.36. The molecule has 2 N–H and O–H groups in total. The van der Waals surface area contributed by atoms with Crippen LogP contribution in [-0.2, 0) is 23.9 Å². The van der Waals surface area contributed by atoms with Gasteiger partial charge in [0, 0.05) is 18.5 Å². The predicted molar refractivity (Wildman–Crippen MR) is 83.0 cm³/mol. The van der Waals surface area contributed by atoms with E-state index < -0.39 is 29.7 Å². The summed E-state index contributed by atoms with van der Waals surface area (Å²) in [7, 11) is 0. The molecule has 0 saturated heterocycles. The quantitative estimate of drug-likeness (QED) is 0.867. The highest BCUT2D eigenvalue weighted by atomic mass is 19.4. The molecule has 0 bridgehead atoms. The number of aliphatic carboxylic acids is 1. The van der Waals surface area contributed by atoms with E-state index in [0.29, 0.717) is 11.1 Å². The van der Waals surface area contributed by atoms with Crippen molar-refractivity contribution in [3.63, 3.8) is 0 Å². The molecule has 138 valence electrons. The van der Waals surface area contributed by atoms with E-state index in [-0.39, 0.29) is 25.3 Å². The van der Waals surface area contributed by atoms with Gasteiger partial charge in [-0.3, -0.25) is 9.69 Å². The number of benzene rings is 1. The van der Waals surface area contributed by atoms with Crippen LogP contribution < -0.4 is 4.90 Å². The van der Waals surface area contributed by atoms with E-state index in [1.54, 1.807) is 0 Å². The van der Waals surface area contributed by atoms with E-state index in [1.165, 1.54) is 23.0 Å². The van der Waals surface area contributed by atoms with Crippen molar-refractivity contribution in [1.29, 1.82) is 0 Å². The molecular formula is C16H14F3N3O4. The lowest BCUT2D eigenvalue weighted by atomic mass is 10.0. The van der Waals surface area contributed by atoms with E-state index in [1.807, 2.05) is 0 Å². The monoisotopic (exact) mass is 369 g/mol. The van der Waals surface area contributed by atoms with Crippen molar-refractivity contribution in [2.24, 2.45) is 5.92 Å². The van der Waals surface area contributed by atoms with Gasteiger partial charge in [0.05, 0.1) is 24.2 Å². The van der Waals surface area contributed by atoms with Gasteiger partial charge in [-0.15, -0.1) is 0 Å². The van der Waals surface area contributed by atoms with Gasteiger partial charge in [-0.1, -0.05) is 12.1 Å². The number of amides is 1. The fraction of sp³-hybridized carbons (Fsp3) is 0.312. The summed E-state index contributed by atoms with van der Waals surface area (Å²) in [6, 6.07) is 4.56. The van der Waals surface area contributed by atoms with Gasteiger partial charge in [0.25, 0.3) is 0 Å². The van der Waals surface area contributed by atoms with Crippen LogP contribution in [0, 0.1) is 5.92 Å². The van der Waals surface area contributed by atoms with Crippen LogP contribution in [0.15, 0.2) is 30.5 Å². The first-order valence-corrected chi connectivity index (χ1v) is 7.61. The van der Waals surface area contributed by atoms with Gasteiger partial charge in [0.1, 0.15) is 5.82 Å². The second-order valence-electron chi connectivity index (χ2n) is 5.98. The minimum atomic E-state index is -4.43. The molecular weight excluding hydrogens is 355 g/mol. The van der Waals surface area contributed by atoms with Crippen molar-refractivity contribution in [3.8, 4) is 0 Å². The zero-order valence-electron chi connectivity index (χ0n) is 13.3. The van der Waals surface area contributed by atoms with Gasteiger partial charge in [-0.2, -0.15) is 18.3 Å². The summed E-state index contributed by atoms with van der Waals surface area (Å²) in [5.41, 5.74) is 0.283. The van der Waals surface area contributed by atoms with Gasteiger partial charge in [-0.05, 0) is 17.7 Å². The Morgan fingerprint density at radius 1 is 1.15 bits per heavy atom. The fourth-order valence-corrected chi connectivity index (χ4v) is 2.92. The normalized spacial score (nSPS) is 17.0. The minimum absolute atomic E-state index is 0.0292. The highest BCUT2D eigenvalue weighted by Gasteiger charge is 2.35. The summed E-state index contributed by atoms with van der Waals surface area (Å²) in [5.74, 6) is -1.80. The van der Waals surface area contributed by atoms with Gasteiger partial charge in [0.2, 0.25) is 0 Å². The Hall–Kier alpha value is -3.04. The number of carbonyl (C=O) groups is 2. The van der Waals surface area contributed by atoms with Crippen LogP contribution in [0.2, 0.25) is 0 Å². The van der Waals surface area contributed by atoms with Crippen molar-refractivity contribution < 1.29 is 33.0 Å². The lowest BCUT2D eigenvalue weighted by molar-refractivity contribution is -0.142. The number of fused-ring (bicyclic) bond motifs is 1. The van der Waals surface area contributed by atoms with Crippen molar-refractivity contribution in [2.75, 3.05) is 11.4 Å². The Balaban J connectivity index is 1.89. The third-order valence-electron chi connectivity index (χ3n) is 4.19. The first kappa shape index (κ1) is 17.8. The molecule has 7 nitrogen and oxygen atoms in total. The van der Waals surface area contributed by atoms with Gasteiger partial charge >= 0.3 is 18.2 Å². The number of carboxylic acids is 1. The molecule has 1 unspecified atom stereocenters. The third kappa shape index (κ3) is 3.35. The third-order valence-corrected chi connectivity index (χ3v) is 4.19. The lowest BCUT2D eigenvalue weighted by Gasteiger charge is -2.30. The van der Waals surface area contributed by atoms with Crippen LogP contribution in [0.4, 0.5) is 23.8 Å². The average Bonchev–Trinajstić information content (AvgIpc) is 2.96. The van der Waals surface area contributed by atoms with E-state index in [0.717, 1.165) is 17.0 Å². The maximum absolute atomic E-state index is 12.6. The zero-order chi connectivity index (χ0) is 19.1. The molecule has 0 spiro atoms. The van der Waals surface area contributed by atoms with Crippen molar-refractivity contribution in [3.05, 3.63) is 47.2 Å². The summed E-state index contributed by atoms with van der Waals surface area (Å²) in [6.45, 7) is -0.183. The van der Waals surface area contributed by atoms with Crippen molar-refractivity contribution >= 4 is 17.9 Å². The standard InChI is InChI=1S/C16H14F3N3O4/c17-16(18,19)12-3-1-9(2-4-12)5-10-6-20-22-8-11(14(23)24)7-21(13(10)22)15(25)26/h1-4,6,11H,5,7-8H2,(H,23,24)(H,25,26). The van der Waals surface area contributed by atoms with E-state index in [9.17, 15) is 27.9 Å². The Morgan fingerprint density at radius 2 is 1.81 bits per heavy atom.